The first-order valence-corrected chi connectivity index (χ1v) is 6.66. The van der Waals surface area contributed by atoms with E-state index in [1.165, 1.54) is 0 Å². The van der Waals surface area contributed by atoms with Gasteiger partial charge in [0.1, 0.15) is 5.52 Å². The molecule has 0 spiro atoms. The van der Waals surface area contributed by atoms with Crippen molar-refractivity contribution < 1.29 is 4.42 Å². The Morgan fingerprint density at radius 2 is 2.06 bits per heavy atom. The van der Waals surface area contributed by atoms with E-state index in [2.05, 4.69) is 22.6 Å². The van der Waals surface area contributed by atoms with E-state index < -0.39 is 0 Å². The van der Waals surface area contributed by atoms with Crippen molar-refractivity contribution in [1.82, 2.24) is 4.40 Å². The van der Waals surface area contributed by atoms with Crippen LogP contribution in [0.5, 0.6) is 0 Å². The van der Waals surface area contributed by atoms with Crippen LogP contribution in [0.3, 0.4) is 0 Å². The smallest absolute Gasteiger partial charge is 0.360 e. The summed E-state index contributed by atoms with van der Waals surface area (Å²) >= 11 is 8.09. The van der Waals surface area contributed by atoms with Crippen LogP contribution >= 0.6 is 34.2 Å². The topological polar surface area (TPSA) is 34.6 Å². The van der Waals surface area contributed by atoms with E-state index >= 15 is 0 Å². The van der Waals surface area contributed by atoms with Crippen LogP contribution in [0, 0.1) is 3.57 Å². The molecular weight excluding hydrogens is 365 g/mol. The lowest BCUT2D eigenvalue weighted by molar-refractivity contribution is 0.525. The molecule has 2 aromatic heterocycles. The minimum absolute atomic E-state index is 0.351. The predicted molar refractivity (Wildman–Crippen MR) is 79.1 cm³/mol. The highest BCUT2D eigenvalue weighted by Crippen LogP contribution is 2.22. The number of aromatic nitrogens is 1. The molecule has 2 heterocycles. The van der Waals surface area contributed by atoms with Crippen molar-refractivity contribution in [3.05, 3.63) is 61.7 Å². The first-order valence-electron chi connectivity index (χ1n) is 5.21. The molecule has 0 N–H and O–H groups in total. The Morgan fingerprint density at radius 3 is 2.83 bits per heavy atom. The third kappa shape index (κ3) is 2.06. The lowest BCUT2D eigenvalue weighted by Crippen LogP contribution is -2.03. The van der Waals surface area contributed by atoms with Gasteiger partial charge < -0.3 is 8.82 Å². The van der Waals surface area contributed by atoms with Crippen molar-refractivity contribution in [3.63, 3.8) is 0 Å². The van der Waals surface area contributed by atoms with Crippen molar-refractivity contribution in [2.24, 2.45) is 0 Å². The summed E-state index contributed by atoms with van der Waals surface area (Å²) in [5.74, 6) is 0.502. The molecule has 0 radical (unpaired) electrons. The van der Waals surface area contributed by atoms with E-state index in [0.717, 1.165) is 9.13 Å². The second-order valence-corrected chi connectivity index (χ2v) is 5.53. The lowest BCUT2D eigenvalue weighted by atomic mass is 10.2. The summed E-state index contributed by atoms with van der Waals surface area (Å²) in [4.78, 5) is 11.8. The van der Waals surface area contributed by atoms with Crippen LogP contribution in [0.4, 0.5) is 0 Å². The minimum atomic E-state index is -0.351. The molecule has 0 amide bonds. The van der Waals surface area contributed by atoms with Gasteiger partial charge in [0.25, 0.3) is 0 Å². The Kier molecular flexibility index (Phi) is 2.91. The van der Waals surface area contributed by atoms with Crippen molar-refractivity contribution in [2.45, 2.75) is 0 Å². The fraction of sp³-hybridized carbons (Fsp3) is 0. The molecule has 90 valence electrons. The van der Waals surface area contributed by atoms with Crippen LogP contribution in [-0.4, -0.2) is 4.40 Å². The lowest BCUT2D eigenvalue weighted by Gasteiger charge is -2.01. The molecule has 3 aromatic rings. The van der Waals surface area contributed by atoms with E-state index in [-0.39, 0.29) is 5.63 Å². The summed E-state index contributed by atoms with van der Waals surface area (Å²) in [6.45, 7) is 0. The fourth-order valence-electron chi connectivity index (χ4n) is 1.80. The van der Waals surface area contributed by atoms with Crippen molar-refractivity contribution in [1.29, 1.82) is 0 Å². The van der Waals surface area contributed by atoms with Gasteiger partial charge in [0, 0.05) is 20.4 Å². The van der Waals surface area contributed by atoms with Crippen LogP contribution in [0.25, 0.3) is 16.8 Å². The van der Waals surface area contributed by atoms with Crippen molar-refractivity contribution >= 4 is 39.7 Å². The van der Waals surface area contributed by atoms with E-state index in [1.54, 1.807) is 28.8 Å². The zero-order valence-corrected chi connectivity index (χ0v) is 12.0. The quantitative estimate of drug-likeness (QED) is 0.610. The molecule has 0 aliphatic carbocycles. The second-order valence-electron chi connectivity index (χ2n) is 3.84. The molecule has 3 rings (SSSR count). The number of hydrogen-bond donors (Lipinski definition) is 0. The zero-order valence-electron chi connectivity index (χ0n) is 9.06. The maximum absolute atomic E-state index is 11.8. The minimum Gasteiger partial charge on any atom is -0.420 e. The first kappa shape index (κ1) is 11.8. The number of fused-ring (bicyclic) bond motifs is 1. The van der Waals surface area contributed by atoms with Crippen LogP contribution in [-0.2, 0) is 0 Å². The summed E-state index contributed by atoms with van der Waals surface area (Å²) in [6, 6.07) is 9.00. The fourth-order valence-corrected chi connectivity index (χ4v) is 2.58. The van der Waals surface area contributed by atoms with E-state index in [9.17, 15) is 4.79 Å². The van der Waals surface area contributed by atoms with Crippen molar-refractivity contribution in [2.75, 3.05) is 0 Å². The van der Waals surface area contributed by atoms with Gasteiger partial charge in [-0.2, -0.15) is 0 Å². The Balaban J connectivity index is 2.27. The zero-order chi connectivity index (χ0) is 12.7. The van der Waals surface area contributed by atoms with Gasteiger partial charge in [0.05, 0.1) is 6.20 Å². The van der Waals surface area contributed by atoms with Gasteiger partial charge in [0.15, 0.2) is 5.76 Å². The van der Waals surface area contributed by atoms with Crippen molar-refractivity contribution in [3.8, 4) is 11.3 Å². The summed E-state index contributed by atoms with van der Waals surface area (Å²) < 4.78 is 8.06. The SMILES string of the molecule is O=c1oc(-c2cccc(Cl)c2)cn2cc(I)cc12. The molecule has 0 bridgehead atoms. The van der Waals surface area contributed by atoms with Gasteiger partial charge in [0.2, 0.25) is 0 Å². The molecule has 0 aliphatic rings. The van der Waals surface area contributed by atoms with Crippen LogP contribution in [0.2, 0.25) is 5.02 Å². The molecular formula is C13H7ClINO2. The highest BCUT2D eigenvalue weighted by molar-refractivity contribution is 14.1. The largest absolute Gasteiger partial charge is 0.420 e. The summed E-state index contributed by atoms with van der Waals surface area (Å²) in [6.07, 6.45) is 3.66. The molecule has 5 heteroatoms. The third-order valence-corrected chi connectivity index (χ3v) is 3.42. The maximum Gasteiger partial charge on any atom is 0.360 e. The molecule has 1 aromatic carbocycles. The summed E-state index contributed by atoms with van der Waals surface area (Å²) in [5, 5.41) is 0.609. The Morgan fingerprint density at radius 1 is 1.22 bits per heavy atom. The number of benzene rings is 1. The number of rotatable bonds is 1. The number of halogens is 2. The Bertz CT molecular complexity index is 791. The molecule has 3 nitrogen and oxygen atoms in total. The average molecular weight is 372 g/mol. The van der Waals surface area contributed by atoms with Gasteiger partial charge in [-0.1, -0.05) is 23.7 Å². The van der Waals surface area contributed by atoms with Gasteiger partial charge in [-0.15, -0.1) is 0 Å². The second kappa shape index (κ2) is 4.44. The average Bonchev–Trinajstić information content (AvgIpc) is 2.70. The molecule has 0 saturated carbocycles. The van der Waals surface area contributed by atoms with E-state index in [1.807, 2.05) is 18.3 Å². The standard InChI is InChI=1S/C13H7ClINO2/c14-9-3-1-2-8(4-9)12-7-16-6-10(15)5-11(16)13(17)18-12/h1-7H. The molecule has 0 aliphatic heterocycles. The first-order chi connectivity index (χ1) is 8.63. The molecule has 0 atom stereocenters. The molecule has 18 heavy (non-hydrogen) atoms. The number of nitrogens with zero attached hydrogens (tertiary/aromatic N) is 1. The van der Waals surface area contributed by atoms with E-state index in [0.29, 0.717) is 16.3 Å². The maximum atomic E-state index is 11.8. The van der Waals surface area contributed by atoms with E-state index in [4.69, 9.17) is 16.0 Å². The Hall–Kier alpha value is -1.27. The van der Waals surface area contributed by atoms with Gasteiger partial charge in [-0.05, 0) is 40.8 Å². The highest BCUT2D eigenvalue weighted by Gasteiger charge is 2.08. The summed E-state index contributed by atoms with van der Waals surface area (Å²) in [7, 11) is 0. The third-order valence-electron chi connectivity index (χ3n) is 2.59. The normalized spacial score (nSPS) is 11.0. The number of hydrogen-bond acceptors (Lipinski definition) is 2. The van der Waals surface area contributed by atoms with Gasteiger partial charge >= 0.3 is 5.63 Å². The highest BCUT2D eigenvalue weighted by atomic mass is 127. The Labute approximate surface area is 121 Å². The molecule has 0 unspecified atom stereocenters. The monoisotopic (exact) mass is 371 g/mol. The van der Waals surface area contributed by atoms with Crippen LogP contribution in [0.1, 0.15) is 0 Å². The van der Waals surface area contributed by atoms with Crippen LogP contribution in [0.15, 0.2) is 51.9 Å². The van der Waals surface area contributed by atoms with Gasteiger partial charge in [-0.25, -0.2) is 4.79 Å². The van der Waals surface area contributed by atoms with Crippen LogP contribution < -0.4 is 5.63 Å². The molecule has 0 saturated heterocycles. The van der Waals surface area contributed by atoms with Gasteiger partial charge in [-0.3, -0.25) is 0 Å². The molecule has 0 fully saturated rings. The summed E-state index contributed by atoms with van der Waals surface area (Å²) in [5.41, 5.74) is 0.964. The predicted octanol–water partition coefficient (Wildman–Crippen LogP) is 3.82.